The molecule has 50 valence electrons. The molecular formula is C8H13N. The molecule has 1 aliphatic carbocycles. The summed E-state index contributed by atoms with van der Waals surface area (Å²) < 4.78 is 0. The zero-order chi connectivity index (χ0) is 6.91. The van der Waals surface area contributed by atoms with Crippen LogP contribution < -0.4 is 0 Å². The minimum atomic E-state index is 0.0556. The average molecular weight is 123 g/mol. The van der Waals surface area contributed by atoms with Gasteiger partial charge in [-0.15, -0.1) is 0 Å². The molecule has 0 amide bonds. The van der Waals surface area contributed by atoms with Crippen LogP contribution in [-0.2, 0) is 0 Å². The summed E-state index contributed by atoms with van der Waals surface area (Å²) >= 11 is 0. The number of hydrogen-bond acceptors (Lipinski definition) is 1. The minimum absolute atomic E-state index is 0.0556. The van der Waals surface area contributed by atoms with Crippen LogP contribution in [0.5, 0.6) is 0 Å². The summed E-state index contributed by atoms with van der Waals surface area (Å²) in [7, 11) is 0. The lowest BCUT2D eigenvalue weighted by molar-refractivity contribution is 0.421. The summed E-state index contributed by atoms with van der Waals surface area (Å²) in [6.45, 7) is 4.29. The number of nitrogens with one attached hydrogen (secondary N) is 1. The maximum Gasteiger partial charge on any atom is 0.0229 e. The Morgan fingerprint density at radius 2 is 2.44 bits per heavy atom. The molecule has 0 heterocycles. The Morgan fingerprint density at radius 3 is 2.67 bits per heavy atom. The van der Waals surface area contributed by atoms with Gasteiger partial charge in [0.1, 0.15) is 0 Å². The summed E-state index contributed by atoms with van der Waals surface area (Å²) in [6, 6.07) is 0. The standard InChI is InChI=1S/C8H13N/c1-7-4-3-5-8(7,2)6-9/h3,5-7,9H,4H2,1-2H3/t7-,8?/m0/s1. The highest BCUT2D eigenvalue weighted by Gasteiger charge is 2.28. The van der Waals surface area contributed by atoms with Gasteiger partial charge >= 0.3 is 0 Å². The van der Waals surface area contributed by atoms with Gasteiger partial charge in [0.05, 0.1) is 0 Å². The highest BCUT2D eigenvalue weighted by Crippen LogP contribution is 2.34. The Kier molecular flexibility index (Phi) is 1.43. The van der Waals surface area contributed by atoms with Crippen molar-refractivity contribution in [3.05, 3.63) is 12.2 Å². The Hall–Kier alpha value is -0.590. The monoisotopic (exact) mass is 123 g/mol. The zero-order valence-electron chi connectivity index (χ0n) is 6.02. The number of hydrogen-bond donors (Lipinski definition) is 1. The highest BCUT2D eigenvalue weighted by atomic mass is 14.4. The lowest BCUT2D eigenvalue weighted by Gasteiger charge is -2.21. The predicted molar refractivity (Wildman–Crippen MR) is 39.8 cm³/mol. The van der Waals surface area contributed by atoms with E-state index in [4.69, 9.17) is 5.41 Å². The Balaban J connectivity index is 2.78. The van der Waals surface area contributed by atoms with Crippen LogP contribution in [0.15, 0.2) is 12.2 Å². The molecule has 1 nitrogen and oxygen atoms in total. The summed E-state index contributed by atoms with van der Waals surface area (Å²) in [5.74, 6) is 0.620. The van der Waals surface area contributed by atoms with Crippen LogP contribution in [-0.4, -0.2) is 6.21 Å². The summed E-state index contributed by atoms with van der Waals surface area (Å²) in [5, 5.41) is 7.15. The normalized spacial score (nSPS) is 41.3. The van der Waals surface area contributed by atoms with Crippen molar-refractivity contribution < 1.29 is 0 Å². The first kappa shape index (κ1) is 6.53. The molecule has 1 N–H and O–H groups in total. The van der Waals surface area contributed by atoms with Crippen molar-refractivity contribution in [2.24, 2.45) is 11.3 Å². The van der Waals surface area contributed by atoms with Gasteiger partial charge in [0, 0.05) is 11.6 Å². The second kappa shape index (κ2) is 1.98. The Bertz CT molecular complexity index is 149. The molecule has 0 aliphatic heterocycles. The van der Waals surface area contributed by atoms with Crippen molar-refractivity contribution in [3.8, 4) is 0 Å². The smallest absolute Gasteiger partial charge is 0.0229 e. The molecule has 0 aromatic heterocycles. The van der Waals surface area contributed by atoms with Crippen LogP contribution in [0.3, 0.4) is 0 Å². The predicted octanol–water partition coefficient (Wildman–Crippen LogP) is 2.24. The van der Waals surface area contributed by atoms with Crippen LogP contribution in [0.25, 0.3) is 0 Å². The third kappa shape index (κ3) is 0.913. The van der Waals surface area contributed by atoms with E-state index in [0.29, 0.717) is 5.92 Å². The second-order valence-corrected chi connectivity index (χ2v) is 3.05. The molecule has 0 bridgehead atoms. The molecule has 1 rings (SSSR count). The lowest BCUT2D eigenvalue weighted by atomic mass is 9.83. The Labute approximate surface area is 56.3 Å². The molecule has 0 saturated carbocycles. The quantitative estimate of drug-likeness (QED) is 0.408. The molecule has 1 aliphatic rings. The highest BCUT2D eigenvalue weighted by molar-refractivity contribution is 5.66. The van der Waals surface area contributed by atoms with E-state index in [0.717, 1.165) is 6.42 Å². The van der Waals surface area contributed by atoms with Crippen molar-refractivity contribution in [3.63, 3.8) is 0 Å². The average Bonchev–Trinajstić information content (AvgIpc) is 2.15. The fourth-order valence-electron chi connectivity index (χ4n) is 1.13. The van der Waals surface area contributed by atoms with E-state index in [1.807, 2.05) is 0 Å². The SMILES string of the molecule is C[C@H]1CC=CC1(C)C=N. The van der Waals surface area contributed by atoms with Crippen molar-refractivity contribution in [2.45, 2.75) is 20.3 Å². The second-order valence-electron chi connectivity index (χ2n) is 3.05. The van der Waals surface area contributed by atoms with Crippen molar-refractivity contribution >= 4 is 6.21 Å². The number of rotatable bonds is 1. The molecule has 9 heavy (non-hydrogen) atoms. The number of allylic oxidation sites excluding steroid dienone is 2. The van der Waals surface area contributed by atoms with Crippen LogP contribution in [0.1, 0.15) is 20.3 Å². The fourth-order valence-corrected chi connectivity index (χ4v) is 1.13. The van der Waals surface area contributed by atoms with E-state index in [1.165, 1.54) is 0 Å². The maximum atomic E-state index is 7.15. The van der Waals surface area contributed by atoms with E-state index >= 15 is 0 Å². The molecule has 0 spiro atoms. The first-order valence-electron chi connectivity index (χ1n) is 3.38. The molecule has 0 aromatic rings. The van der Waals surface area contributed by atoms with Crippen molar-refractivity contribution in [1.82, 2.24) is 0 Å². The first-order chi connectivity index (χ1) is 4.19. The van der Waals surface area contributed by atoms with Gasteiger partial charge in [-0.25, -0.2) is 0 Å². The van der Waals surface area contributed by atoms with Crippen molar-refractivity contribution in [2.75, 3.05) is 0 Å². The van der Waals surface area contributed by atoms with Crippen LogP contribution in [0.4, 0.5) is 0 Å². The first-order valence-corrected chi connectivity index (χ1v) is 3.38. The van der Waals surface area contributed by atoms with Crippen LogP contribution in [0.2, 0.25) is 0 Å². The van der Waals surface area contributed by atoms with E-state index in [9.17, 15) is 0 Å². The van der Waals surface area contributed by atoms with Gasteiger partial charge in [0.25, 0.3) is 0 Å². The lowest BCUT2D eigenvalue weighted by Crippen LogP contribution is -2.19. The van der Waals surface area contributed by atoms with E-state index < -0.39 is 0 Å². The van der Waals surface area contributed by atoms with Crippen LogP contribution >= 0.6 is 0 Å². The molecule has 1 heteroatoms. The van der Waals surface area contributed by atoms with E-state index in [-0.39, 0.29) is 5.41 Å². The van der Waals surface area contributed by atoms with E-state index in [1.54, 1.807) is 6.21 Å². The molecule has 0 radical (unpaired) electrons. The summed E-state index contributed by atoms with van der Waals surface area (Å²) in [6.07, 6.45) is 6.97. The maximum absolute atomic E-state index is 7.15. The molecule has 1 unspecified atom stereocenters. The van der Waals surface area contributed by atoms with Gasteiger partial charge in [-0.3, -0.25) is 0 Å². The van der Waals surface area contributed by atoms with E-state index in [2.05, 4.69) is 26.0 Å². The van der Waals surface area contributed by atoms with Gasteiger partial charge in [-0.2, -0.15) is 0 Å². The van der Waals surface area contributed by atoms with Gasteiger partial charge in [-0.1, -0.05) is 26.0 Å². The third-order valence-electron chi connectivity index (χ3n) is 2.34. The summed E-state index contributed by atoms with van der Waals surface area (Å²) in [4.78, 5) is 0. The van der Waals surface area contributed by atoms with Gasteiger partial charge in [-0.05, 0) is 12.3 Å². The van der Waals surface area contributed by atoms with Gasteiger partial charge in [0.2, 0.25) is 0 Å². The fraction of sp³-hybridized carbons (Fsp3) is 0.625. The molecule has 2 atom stereocenters. The molecular weight excluding hydrogens is 110 g/mol. The topological polar surface area (TPSA) is 23.9 Å². The zero-order valence-corrected chi connectivity index (χ0v) is 6.02. The summed E-state index contributed by atoms with van der Waals surface area (Å²) in [5.41, 5.74) is 0.0556. The minimum Gasteiger partial charge on any atom is -0.312 e. The van der Waals surface area contributed by atoms with Crippen LogP contribution in [0, 0.1) is 16.7 Å². The largest absolute Gasteiger partial charge is 0.312 e. The molecule has 0 saturated heterocycles. The molecule has 0 aromatic carbocycles. The van der Waals surface area contributed by atoms with Gasteiger partial charge < -0.3 is 5.41 Å². The van der Waals surface area contributed by atoms with Crippen molar-refractivity contribution in [1.29, 1.82) is 5.41 Å². The molecule has 0 fully saturated rings. The third-order valence-corrected chi connectivity index (χ3v) is 2.34. The Morgan fingerprint density at radius 1 is 1.78 bits per heavy atom. The van der Waals surface area contributed by atoms with Gasteiger partial charge in [0.15, 0.2) is 0 Å².